The average Bonchev–Trinajstić information content (AvgIpc) is 3.29. The molecular weight excluding hydrogens is 350 g/mol. The molecule has 1 N–H and O–H groups in total. The highest BCUT2D eigenvalue weighted by Gasteiger charge is 2.27. The van der Waals surface area contributed by atoms with Crippen LogP contribution in [-0.2, 0) is 0 Å². The van der Waals surface area contributed by atoms with Gasteiger partial charge in [0.05, 0.1) is 0 Å². The standard InChI is InChI=1S/C22H29N5O/c1-2-18-7-3-4-16-27(18)21(28)20-12-13-23-22(25-20)24-17-8-10-19(11-9-17)26-14-5-6-15-26/h8-13,18H,2-7,14-16H2,1H3,(H,23,24,25). The highest BCUT2D eigenvalue weighted by Crippen LogP contribution is 2.24. The first kappa shape index (κ1) is 18.7. The van der Waals surface area contributed by atoms with Gasteiger partial charge >= 0.3 is 0 Å². The molecular formula is C22H29N5O. The summed E-state index contributed by atoms with van der Waals surface area (Å²) in [4.78, 5) is 26.1. The van der Waals surface area contributed by atoms with E-state index >= 15 is 0 Å². The molecule has 2 aliphatic heterocycles. The summed E-state index contributed by atoms with van der Waals surface area (Å²) in [5.41, 5.74) is 2.65. The van der Waals surface area contributed by atoms with E-state index in [2.05, 4.69) is 39.2 Å². The summed E-state index contributed by atoms with van der Waals surface area (Å²) in [6.07, 6.45) is 8.54. The van der Waals surface area contributed by atoms with Crippen LogP contribution >= 0.6 is 0 Å². The number of benzene rings is 1. The fraction of sp³-hybridized carbons (Fsp3) is 0.500. The molecule has 1 amide bonds. The molecule has 0 radical (unpaired) electrons. The van der Waals surface area contributed by atoms with Crippen LogP contribution in [-0.4, -0.2) is 46.5 Å². The van der Waals surface area contributed by atoms with Crippen LogP contribution in [0.25, 0.3) is 0 Å². The molecule has 6 nitrogen and oxygen atoms in total. The molecule has 2 aromatic rings. The van der Waals surface area contributed by atoms with Gasteiger partial charge in [-0.2, -0.15) is 0 Å². The molecule has 0 bridgehead atoms. The minimum atomic E-state index is 0.0152. The number of carbonyl (C=O) groups is 1. The normalized spacial score (nSPS) is 19.7. The van der Waals surface area contributed by atoms with Gasteiger partial charge in [-0.3, -0.25) is 4.79 Å². The highest BCUT2D eigenvalue weighted by atomic mass is 16.2. The topological polar surface area (TPSA) is 61.4 Å². The van der Waals surface area contributed by atoms with Gasteiger partial charge in [0.15, 0.2) is 0 Å². The number of amides is 1. The first-order valence-electron chi connectivity index (χ1n) is 10.5. The summed E-state index contributed by atoms with van der Waals surface area (Å²) < 4.78 is 0. The van der Waals surface area contributed by atoms with Gasteiger partial charge in [-0.25, -0.2) is 9.97 Å². The molecule has 2 fully saturated rings. The zero-order chi connectivity index (χ0) is 19.3. The molecule has 1 atom stereocenters. The van der Waals surface area contributed by atoms with Gasteiger partial charge in [-0.05, 0) is 68.9 Å². The molecule has 1 unspecified atom stereocenters. The molecule has 0 aliphatic carbocycles. The zero-order valence-corrected chi connectivity index (χ0v) is 16.6. The predicted molar refractivity (Wildman–Crippen MR) is 112 cm³/mol. The summed E-state index contributed by atoms with van der Waals surface area (Å²) in [6.45, 7) is 5.24. The Labute approximate surface area is 167 Å². The first-order valence-corrected chi connectivity index (χ1v) is 10.5. The highest BCUT2D eigenvalue weighted by molar-refractivity contribution is 5.92. The maximum atomic E-state index is 13.0. The fourth-order valence-electron chi connectivity index (χ4n) is 4.24. The van der Waals surface area contributed by atoms with Crippen molar-refractivity contribution in [3.8, 4) is 0 Å². The van der Waals surface area contributed by atoms with E-state index in [1.807, 2.05) is 17.0 Å². The van der Waals surface area contributed by atoms with Crippen molar-refractivity contribution >= 4 is 23.2 Å². The molecule has 28 heavy (non-hydrogen) atoms. The quantitative estimate of drug-likeness (QED) is 0.843. The fourth-order valence-corrected chi connectivity index (χ4v) is 4.24. The second kappa shape index (κ2) is 8.59. The van der Waals surface area contributed by atoms with E-state index < -0.39 is 0 Å². The van der Waals surface area contributed by atoms with Gasteiger partial charge in [0.1, 0.15) is 5.69 Å². The van der Waals surface area contributed by atoms with E-state index in [0.717, 1.165) is 44.6 Å². The van der Waals surface area contributed by atoms with E-state index in [9.17, 15) is 4.79 Å². The van der Waals surface area contributed by atoms with Crippen molar-refractivity contribution in [1.82, 2.24) is 14.9 Å². The molecule has 2 aliphatic rings. The lowest BCUT2D eigenvalue weighted by molar-refractivity contribution is 0.0602. The van der Waals surface area contributed by atoms with Crippen molar-refractivity contribution in [1.29, 1.82) is 0 Å². The summed E-state index contributed by atoms with van der Waals surface area (Å²) >= 11 is 0. The van der Waals surface area contributed by atoms with Crippen molar-refractivity contribution in [3.63, 3.8) is 0 Å². The Kier molecular flexibility index (Phi) is 5.74. The summed E-state index contributed by atoms with van der Waals surface area (Å²) in [5, 5.41) is 3.23. The first-order chi connectivity index (χ1) is 13.7. The molecule has 0 spiro atoms. The van der Waals surface area contributed by atoms with Crippen LogP contribution in [0.1, 0.15) is 55.9 Å². The van der Waals surface area contributed by atoms with Gasteiger partial charge in [-0.15, -0.1) is 0 Å². The van der Waals surface area contributed by atoms with Crippen molar-refractivity contribution in [2.75, 3.05) is 29.9 Å². The minimum Gasteiger partial charge on any atom is -0.372 e. The van der Waals surface area contributed by atoms with Crippen molar-refractivity contribution < 1.29 is 4.79 Å². The van der Waals surface area contributed by atoms with E-state index in [4.69, 9.17) is 0 Å². The number of hydrogen-bond donors (Lipinski definition) is 1. The van der Waals surface area contributed by atoms with Gasteiger partial charge in [-0.1, -0.05) is 6.92 Å². The average molecular weight is 380 g/mol. The third-order valence-electron chi connectivity index (χ3n) is 5.83. The van der Waals surface area contributed by atoms with E-state index in [-0.39, 0.29) is 5.91 Å². The Balaban J connectivity index is 1.45. The number of carbonyl (C=O) groups excluding carboxylic acids is 1. The molecule has 1 aromatic heterocycles. The number of piperidine rings is 1. The Hall–Kier alpha value is -2.63. The van der Waals surface area contributed by atoms with E-state index in [1.165, 1.54) is 24.9 Å². The SMILES string of the molecule is CCC1CCCCN1C(=O)c1ccnc(Nc2ccc(N3CCCC3)cc2)n1. The van der Waals surface area contributed by atoms with Gasteiger partial charge in [0.2, 0.25) is 5.95 Å². The van der Waals surface area contributed by atoms with Crippen LogP contribution in [0.15, 0.2) is 36.5 Å². The van der Waals surface area contributed by atoms with Crippen molar-refractivity contribution in [3.05, 3.63) is 42.2 Å². The second-order valence-electron chi connectivity index (χ2n) is 7.69. The maximum Gasteiger partial charge on any atom is 0.272 e. The van der Waals surface area contributed by atoms with Crippen molar-refractivity contribution in [2.45, 2.75) is 51.5 Å². The molecule has 1 aromatic carbocycles. The molecule has 2 saturated heterocycles. The number of likely N-dealkylation sites (tertiary alicyclic amines) is 1. The number of anilines is 3. The number of nitrogens with zero attached hydrogens (tertiary/aromatic N) is 4. The van der Waals surface area contributed by atoms with Crippen LogP contribution in [0.2, 0.25) is 0 Å². The molecule has 3 heterocycles. The third kappa shape index (κ3) is 4.11. The van der Waals surface area contributed by atoms with Crippen LogP contribution in [0.3, 0.4) is 0 Å². The van der Waals surface area contributed by atoms with Crippen LogP contribution in [0.4, 0.5) is 17.3 Å². The lowest BCUT2D eigenvalue weighted by Crippen LogP contribution is -2.43. The van der Waals surface area contributed by atoms with E-state index in [1.54, 1.807) is 12.3 Å². The van der Waals surface area contributed by atoms with Crippen LogP contribution < -0.4 is 10.2 Å². The molecule has 4 rings (SSSR count). The number of aromatic nitrogens is 2. The zero-order valence-electron chi connectivity index (χ0n) is 16.6. The maximum absolute atomic E-state index is 13.0. The lowest BCUT2D eigenvalue weighted by atomic mass is 9.99. The van der Waals surface area contributed by atoms with Crippen LogP contribution in [0, 0.1) is 0 Å². The summed E-state index contributed by atoms with van der Waals surface area (Å²) in [6, 6.07) is 10.4. The number of rotatable bonds is 5. The third-order valence-corrected chi connectivity index (χ3v) is 5.83. The van der Waals surface area contributed by atoms with Gasteiger partial charge < -0.3 is 15.1 Å². The predicted octanol–water partition coefficient (Wildman–Crippen LogP) is 4.23. The molecule has 0 saturated carbocycles. The number of nitrogens with one attached hydrogen (secondary N) is 1. The Morgan fingerprint density at radius 2 is 1.82 bits per heavy atom. The van der Waals surface area contributed by atoms with Gasteiger partial charge in [0, 0.05) is 43.2 Å². The molecule has 148 valence electrons. The van der Waals surface area contributed by atoms with Gasteiger partial charge in [0.25, 0.3) is 5.91 Å². The monoisotopic (exact) mass is 379 g/mol. The minimum absolute atomic E-state index is 0.0152. The Morgan fingerprint density at radius 3 is 2.57 bits per heavy atom. The van der Waals surface area contributed by atoms with Crippen LogP contribution in [0.5, 0.6) is 0 Å². The molecule has 6 heteroatoms. The van der Waals surface area contributed by atoms with Crippen molar-refractivity contribution in [2.24, 2.45) is 0 Å². The Bertz CT molecular complexity index is 801. The largest absolute Gasteiger partial charge is 0.372 e. The number of hydrogen-bond acceptors (Lipinski definition) is 5. The summed E-state index contributed by atoms with van der Waals surface area (Å²) in [5.74, 6) is 0.478. The summed E-state index contributed by atoms with van der Waals surface area (Å²) in [7, 11) is 0. The van der Waals surface area contributed by atoms with E-state index in [0.29, 0.717) is 17.7 Å². The smallest absolute Gasteiger partial charge is 0.272 e. The second-order valence-corrected chi connectivity index (χ2v) is 7.69. The lowest BCUT2D eigenvalue weighted by Gasteiger charge is -2.35. The Morgan fingerprint density at radius 1 is 1.07 bits per heavy atom.